The highest BCUT2D eigenvalue weighted by molar-refractivity contribution is 5.84. The molecule has 2 unspecified atom stereocenters. The van der Waals surface area contributed by atoms with Crippen LogP contribution >= 0.6 is 0 Å². The Kier molecular flexibility index (Phi) is 3.81. The molecule has 0 N–H and O–H groups in total. The van der Waals surface area contributed by atoms with E-state index >= 15 is 0 Å². The van der Waals surface area contributed by atoms with Crippen molar-refractivity contribution < 1.29 is 19.1 Å². The highest BCUT2D eigenvalue weighted by Gasteiger charge is 2.55. The Morgan fingerprint density at radius 3 is 2.53 bits per heavy atom. The van der Waals surface area contributed by atoms with Gasteiger partial charge in [-0.1, -0.05) is 27.7 Å². The number of rotatable bonds is 3. The molecular formula is C12H21NO4. The van der Waals surface area contributed by atoms with Crippen LogP contribution in [-0.2, 0) is 19.1 Å². The first-order chi connectivity index (χ1) is 7.83. The van der Waals surface area contributed by atoms with Gasteiger partial charge in [-0.25, -0.2) is 4.79 Å². The molecule has 0 aromatic rings. The van der Waals surface area contributed by atoms with E-state index in [4.69, 9.17) is 9.47 Å². The third-order valence-corrected chi connectivity index (χ3v) is 3.23. The number of hydrogen-bond acceptors (Lipinski definition) is 4. The fourth-order valence-electron chi connectivity index (χ4n) is 2.20. The summed E-state index contributed by atoms with van der Waals surface area (Å²) in [5.41, 5.74) is -1.22. The van der Waals surface area contributed by atoms with Gasteiger partial charge in [-0.05, 0) is 6.42 Å². The second-order valence-electron chi connectivity index (χ2n) is 5.42. The van der Waals surface area contributed by atoms with Gasteiger partial charge >= 0.3 is 5.97 Å². The molecule has 0 aliphatic carbocycles. The molecule has 98 valence electrons. The SMILES string of the molecule is CCC1(C(=O)OC)COC(C(C)(C)C)N1C=O. The van der Waals surface area contributed by atoms with E-state index in [1.54, 1.807) is 0 Å². The maximum atomic E-state index is 11.9. The predicted octanol–water partition coefficient (Wildman–Crippen LogP) is 1.17. The molecule has 1 aliphatic rings. The zero-order valence-electron chi connectivity index (χ0n) is 11.1. The van der Waals surface area contributed by atoms with Crippen molar-refractivity contribution >= 4 is 12.4 Å². The van der Waals surface area contributed by atoms with Gasteiger partial charge in [0.15, 0.2) is 5.54 Å². The van der Waals surface area contributed by atoms with Gasteiger partial charge in [-0.15, -0.1) is 0 Å². The molecule has 0 radical (unpaired) electrons. The summed E-state index contributed by atoms with van der Waals surface area (Å²) in [4.78, 5) is 24.7. The van der Waals surface area contributed by atoms with Crippen LogP contribution in [0.1, 0.15) is 34.1 Å². The summed E-state index contributed by atoms with van der Waals surface area (Å²) in [6.07, 6.45) is 0.757. The predicted molar refractivity (Wildman–Crippen MR) is 62.1 cm³/mol. The molecule has 1 fully saturated rings. The number of hydrogen-bond donors (Lipinski definition) is 0. The summed E-state index contributed by atoms with van der Waals surface area (Å²) in [6, 6.07) is 0. The zero-order chi connectivity index (χ0) is 13.3. The summed E-state index contributed by atoms with van der Waals surface area (Å²) in [5, 5.41) is 0. The van der Waals surface area contributed by atoms with Gasteiger partial charge < -0.3 is 9.47 Å². The van der Waals surface area contributed by atoms with Crippen LogP contribution in [0.5, 0.6) is 0 Å². The monoisotopic (exact) mass is 243 g/mol. The van der Waals surface area contributed by atoms with Crippen LogP contribution in [-0.4, -0.2) is 42.8 Å². The lowest BCUT2D eigenvalue weighted by Crippen LogP contribution is -2.56. The number of methoxy groups -OCH3 is 1. The number of nitrogens with zero attached hydrogens (tertiary/aromatic N) is 1. The molecule has 5 nitrogen and oxygen atoms in total. The lowest BCUT2D eigenvalue weighted by molar-refractivity contribution is -0.158. The van der Waals surface area contributed by atoms with E-state index in [2.05, 4.69) is 0 Å². The van der Waals surface area contributed by atoms with E-state index in [-0.39, 0.29) is 12.0 Å². The summed E-state index contributed by atoms with van der Waals surface area (Å²) >= 11 is 0. The van der Waals surface area contributed by atoms with Gasteiger partial charge in [-0.2, -0.15) is 0 Å². The molecule has 0 saturated carbocycles. The van der Waals surface area contributed by atoms with Crippen LogP contribution in [0.3, 0.4) is 0 Å². The number of amides is 1. The Bertz CT molecular complexity index is 310. The Balaban J connectivity index is 3.11. The second kappa shape index (κ2) is 4.64. The van der Waals surface area contributed by atoms with Crippen LogP contribution in [0.15, 0.2) is 0 Å². The van der Waals surface area contributed by atoms with Crippen molar-refractivity contribution in [3.05, 3.63) is 0 Å². The second-order valence-corrected chi connectivity index (χ2v) is 5.42. The third kappa shape index (κ3) is 2.16. The number of esters is 1. The van der Waals surface area contributed by atoms with E-state index in [0.717, 1.165) is 0 Å². The quantitative estimate of drug-likeness (QED) is 0.551. The van der Waals surface area contributed by atoms with Crippen LogP contribution in [0.25, 0.3) is 0 Å². The minimum Gasteiger partial charge on any atom is -0.467 e. The van der Waals surface area contributed by atoms with Crippen LogP contribution < -0.4 is 0 Å². The molecule has 0 aromatic heterocycles. The first-order valence-electron chi connectivity index (χ1n) is 5.77. The highest BCUT2D eigenvalue weighted by atomic mass is 16.5. The Morgan fingerprint density at radius 1 is 1.59 bits per heavy atom. The fourth-order valence-corrected chi connectivity index (χ4v) is 2.20. The number of ether oxygens (including phenoxy) is 2. The largest absolute Gasteiger partial charge is 0.467 e. The van der Waals surface area contributed by atoms with Gasteiger partial charge in [0, 0.05) is 5.41 Å². The Morgan fingerprint density at radius 2 is 2.18 bits per heavy atom. The van der Waals surface area contributed by atoms with E-state index in [9.17, 15) is 9.59 Å². The third-order valence-electron chi connectivity index (χ3n) is 3.23. The lowest BCUT2D eigenvalue weighted by Gasteiger charge is -2.37. The minimum absolute atomic E-state index is 0.191. The molecule has 1 heterocycles. The van der Waals surface area contributed by atoms with Crippen LogP contribution in [0, 0.1) is 5.41 Å². The van der Waals surface area contributed by atoms with Crippen molar-refractivity contribution in [1.82, 2.24) is 4.90 Å². The standard InChI is InChI=1S/C12H21NO4/c1-6-12(10(15)16-5)7-17-9(11(2,3)4)13(12)8-14/h8-9H,6-7H2,1-5H3. The lowest BCUT2D eigenvalue weighted by atomic mass is 9.90. The smallest absolute Gasteiger partial charge is 0.334 e. The van der Waals surface area contributed by atoms with Crippen LogP contribution in [0.2, 0.25) is 0 Å². The van der Waals surface area contributed by atoms with Crippen molar-refractivity contribution in [2.75, 3.05) is 13.7 Å². The first kappa shape index (κ1) is 14.0. The number of carbonyl (C=O) groups is 2. The molecule has 1 rings (SSSR count). The molecule has 1 aliphatic heterocycles. The maximum Gasteiger partial charge on any atom is 0.334 e. The van der Waals surface area contributed by atoms with Crippen molar-refractivity contribution in [2.24, 2.45) is 5.41 Å². The van der Waals surface area contributed by atoms with E-state index in [1.165, 1.54) is 12.0 Å². The Labute approximate surface area is 102 Å². The van der Waals surface area contributed by atoms with E-state index in [0.29, 0.717) is 12.8 Å². The molecule has 2 atom stereocenters. The molecule has 0 bridgehead atoms. The molecule has 1 amide bonds. The minimum atomic E-state index is -0.978. The van der Waals surface area contributed by atoms with Crippen molar-refractivity contribution in [3.63, 3.8) is 0 Å². The topological polar surface area (TPSA) is 55.8 Å². The fraction of sp³-hybridized carbons (Fsp3) is 0.833. The molecule has 17 heavy (non-hydrogen) atoms. The number of carbonyl (C=O) groups excluding carboxylic acids is 2. The maximum absolute atomic E-state index is 11.9. The van der Waals surface area contributed by atoms with Crippen molar-refractivity contribution in [2.45, 2.75) is 45.9 Å². The van der Waals surface area contributed by atoms with Gasteiger partial charge in [0.2, 0.25) is 6.41 Å². The van der Waals surface area contributed by atoms with E-state index < -0.39 is 17.7 Å². The zero-order valence-corrected chi connectivity index (χ0v) is 11.1. The molecule has 0 aromatic carbocycles. The average Bonchev–Trinajstić information content (AvgIpc) is 2.67. The van der Waals surface area contributed by atoms with Gasteiger partial charge in [0.1, 0.15) is 6.23 Å². The van der Waals surface area contributed by atoms with Gasteiger partial charge in [-0.3, -0.25) is 9.69 Å². The average molecular weight is 243 g/mol. The first-order valence-corrected chi connectivity index (χ1v) is 5.77. The van der Waals surface area contributed by atoms with Crippen molar-refractivity contribution in [3.8, 4) is 0 Å². The van der Waals surface area contributed by atoms with Gasteiger partial charge in [0.05, 0.1) is 13.7 Å². The Hall–Kier alpha value is -1.10. The normalized spacial score (nSPS) is 29.2. The molecule has 5 heteroatoms. The molecule has 0 spiro atoms. The summed E-state index contributed by atoms with van der Waals surface area (Å²) in [7, 11) is 1.33. The summed E-state index contributed by atoms with van der Waals surface area (Å²) in [6.45, 7) is 7.95. The highest BCUT2D eigenvalue weighted by Crippen LogP contribution is 2.38. The molecule has 1 saturated heterocycles. The summed E-state index contributed by atoms with van der Waals surface area (Å²) in [5.74, 6) is -0.418. The van der Waals surface area contributed by atoms with Gasteiger partial charge in [0.25, 0.3) is 0 Å². The molecular weight excluding hydrogens is 222 g/mol. The van der Waals surface area contributed by atoms with E-state index in [1.807, 2.05) is 27.7 Å². The summed E-state index contributed by atoms with van der Waals surface area (Å²) < 4.78 is 10.4. The van der Waals surface area contributed by atoms with Crippen LogP contribution in [0.4, 0.5) is 0 Å². The van der Waals surface area contributed by atoms with Crippen molar-refractivity contribution in [1.29, 1.82) is 0 Å².